The fourth-order valence-corrected chi connectivity index (χ4v) is 7.83. The van der Waals surface area contributed by atoms with Crippen molar-refractivity contribution in [2.24, 2.45) is 40.2 Å². The molecule has 1 heterocycles. The van der Waals surface area contributed by atoms with Crippen LogP contribution in [0.25, 0.3) is 5.57 Å². The monoisotopic (exact) mass is 350 g/mol. The molecule has 1 aromatic rings. The van der Waals surface area contributed by atoms with Crippen LogP contribution in [-0.4, -0.2) is 11.0 Å². The van der Waals surface area contributed by atoms with E-state index in [1.165, 1.54) is 56.9 Å². The van der Waals surface area contributed by atoms with Crippen molar-refractivity contribution in [2.45, 2.75) is 71.3 Å². The van der Waals surface area contributed by atoms with E-state index in [0.29, 0.717) is 16.9 Å². The Kier molecular flexibility index (Phi) is 3.87. The summed E-state index contributed by atoms with van der Waals surface area (Å²) in [6.45, 7) is 5.19. The van der Waals surface area contributed by atoms with Gasteiger partial charge in [0.15, 0.2) is 0 Å². The third-order valence-corrected chi connectivity index (χ3v) is 9.26. The third kappa shape index (κ3) is 2.30. The molecule has 1 aromatic heterocycles. The number of aromatic nitrogens is 1. The third-order valence-electron chi connectivity index (χ3n) is 9.26. The predicted octanol–water partition coefficient (Wildman–Crippen LogP) is 5.44. The summed E-state index contributed by atoms with van der Waals surface area (Å²) < 4.78 is 0. The molecular formula is C24H34N2. The van der Waals surface area contributed by atoms with Gasteiger partial charge in [0, 0.05) is 18.4 Å². The standard InChI is InChI=1S/C24H34N2/c1-23-11-9-18(25)14-17(23)5-6-19-21-8-7-20(16-4-3-13-26-15-16)24(21,2)12-10-22(19)23/h3-4,7,13,15,17-19,21-22H,5-6,8-12,14,25H2,1-2H3/t17?,18-,19?,21?,22?,23+,24-/m1/s1. The van der Waals surface area contributed by atoms with Gasteiger partial charge in [-0.25, -0.2) is 0 Å². The van der Waals surface area contributed by atoms with E-state index in [2.05, 4.69) is 43.2 Å². The summed E-state index contributed by atoms with van der Waals surface area (Å²) >= 11 is 0. The number of pyridine rings is 1. The predicted molar refractivity (Wildman–Crippen MR) is 107 cm³/mol. The fourth-order valence-electron chi connectivity index (χ4n) is 7.83. The van der Waals surface area contributed by atoms with E-state index in [9.17, 15) is 0 Å². The number of rotatable bonds is 1. The highest BCUT2D eigenvalue weighted by Gasteiger charge is 2.58. The van der Waals surface area contributed by atoms with E-state index in [1.54, 1.807) is 5.57 Å². The normalized spacial score (nSPS) is 47.5. The lowest BCUT2D eigenvalue weighted by molar-refractivity contribution is -0.0980. The van der Waals surface area contributed by atoms with Gasteiger partial charge >= 0.3 is 0 Å². The molecule has 0 spiro atoms. The summed E-state index contributed by atoms with van der Waals surface area (Å²) in [6.07, 6.45) is 17.3. The largest absolute Gasteiger partial charge is 0.328 e. The first-order valence-electron chi connectivity index (χ1n) is 10.9. The molecule has 0 bridgehead atoms. The molecule has 2 N–H and O–H groups in total. The van der Waals surface area contributed by atoms with Crippen molar-refractivity contribution in [1.82, 2.24) is 4.98 Å². The zero-order valence-electron chi connectivity index (χ0n) is 16.5. The lowest BCUT2D eigenvalue weighted by atomic mass is 9.44. The molecule has 3 fully saturated rings. The summed E-state index contributed by atoms with van der Waals surface area (Å²) in [4.78, 5) is 4.40. The van der Waals surface area contributed by atoms with Crippen LogP contribution in [0.5, 0.6) is 0 Å². The van der Waals surface area contributed by atoms with Crippen molar-refractivity contribution in [3.05, 3.63) is 36.2 Å². The molecule has 5 rings (SSSR count). The smallest absolute Gasteiger partial charge is 0.0343 e. The average molecular weight is 351 g/mol. The molecule has 4 aliphatic carbocycles. The van der Waals surface area contributed by atoms with Crippen molar-refractivity contribution in [3.8, 4) is 0 Å². The maximum atomic E-state index is 6.34. The molecule has 7 atom stereocenters. The highest BCUT2D eigenvalue weighted by molar-refractivity contribution is 5.72. The van der Waals surface area contributed by atoms with E-state index < -0.39 is 0 Å². The summed E-state index contributed by atoms with van der Waals surface area (Å²) in [5, 5.41) is 0. The van der Waals surface area contributed by atoms with Gasteiger partial charge in [-0.05, 0) is 103 Å². The Bertz CT molecular complexity index is 710. The fraction of sp³-hybridized carbons (Fsp3) is 0.708. The van der Waals surface area contributed by atoms with Crippen LogP contribution in [0.1, 0.15) is 70.8 Å². The molecule has 2 nitrogen and oxygen atoms in total. The summed E-state index contributed by atoms with van der Waals surface area (Å²) in [5.41, 5.74) is 10.2. The van der Waals surface area contributed by atoms with E-state index >= 15 is 0 Å². The van der Waals surface area contributed by atoms with Gasteiger partial charge in [0.25, 0.3) is 0 Å². The van der Waals surface area contributed by atoms with Crippen molar-refractivity contribution in [2.75, 3.05) is 0 Å². The second-order valence-electron chi connectivity index (χ2n) is 10.2. The summed E-state index contributed by atoms with van der Waals surface area (Å²) in [7, 11) is 0. The molecule has 140 valence electrons. The Morgan fingerprint density at radius 1 is 1.08 bits per heavy atom. The Hall–Kier alpha value is -1.15. The van der Waals surface area contributed by atoms with Crippen molar-refractivity contribution in [3.63, 3.8) is 0 Å². The van der Waals surface area contributed by atoms with Crippen LogP contribution in [0.2, 0.25) is 0 Å². The average Bonchev–Trinajstić information content (AvgIpc) is 3.00. The molecule has 0 aliphatic heterocycles. The van der Waals surface area contributed by atoms with E-state index in [4.69, 9.17) is 5.73 Å². The van der Waals surface area contributed by atoms with Gasteiger partial charge < -0.3 is 5.73 Å². The van der Waals surface area contributed by atoms with Crippen LogP contribution in [-0.2, 0) is 0 Å². The van der Waals surface area contributed by atoms with E-state index in [-0.39, 0.29) is 0 Å². The molecule has 0 aromatic carbocycles. The number of nitrogens with two attached hydrogens (primary N) is 1. The molecule has 3 saturated carbocycles. The van der Waals surface area contributed by atoms with Gasteiger partial charge in [-0.3, -0.25) is 4.98 Å². The highest BCUT2D eigenvalue weighted by Crippen LogP contribution is 2.67. The zero-order chi connectivity index (χ0) is 17.9. The highest BCUT2D eigenvalue weighted by atomic mass is 14.7. The Morgan fingerprint density at radius 2 is 1.96 bits per heavy atom. The first kappa shape index (κ1) is 17.0. The number of fused-ring (bicyclic) bond motifs is 5. The van der Waals surface area contributed by atoms with E-state index in [1.807, 2.05) is 6.20 Å². The molecular weight excluding hydrogens is 316 g/mol. The minimum atomic E-state index is 0.360. The summed E-state index contributed by atoms with van der Waals surface area (Å²) in [5.74, 6) is 3.55. The maximum Gasteiger partial charge on any atom is 0.0343 e. The van der Waals surface area contributed by atoms with Crippen LogP contribution < -0.4 is 5.73 Å². The SMILES string of the molecule is C[C@]12CC[C@@H](N)CC1CCC1C2CC[C@]2(C)C(c3cccnc3)=CCC12. The van der Waals surface area contributed by atoms with Gasteiger partial charge in [-0.1, -0.05) is 26.0 Å². The Balaban J connectivity index is 1.44. The van der Waals surface area contributed by atoms with Gasteiger partial charge in [0.1, 0.15) is 0 Å². The summed E-state index contributed by atoms with van der Waals surface area (Å²) in [6, 6.07) is 4.82. The van der Waals surface area contributed by atoms with Gasteiger partial charge in [0.05, 0.1) is 0 Å². The van der Waals surface area contributed by atoms with Crippen molar-refractivity contribution >= 4 is 5.57 Å². The van der Waals surface area contributed by atoms with Crippen LogP contribution >= 0.6 is 0 Å². The van der Waals surface area contributed by atoms with Crippen LogP contribution in [0.15, 0.2) is 30.6 Å². The molecule has 26 heavy (non-hydrogen) atoms. The molecule has 2 heteroatoms. The molecule has 4 aliphatic rings. The van der Waals surface area contributed by atoms with Gasteiger partial charge in [-0.2, -0.15) is 0 Å². The van der Waals surface area contributed by atoms with Crippen LogP contribution in [0.4, 0.5) is 0 Å². The van der Waals surface area contributed by atoms with Crippen molar-refractivity contribution in [1.29, 1.82) is 0 Å². The number of hydrogen-bond donors (Lipinski definition) is 1. The van der Waals surface area contributed by atoms with Crippen molar-refractivity contribution < 1.29 is 0 Å². The minimum Gasteiger partial charge on any atom is -0.328 e. The minimum absolute atomic E-state index is 0.360. The quantitative estimate of drug-likeness (QED) is 0.732. The number of hydrogen-bond acceptors (Lipinski definition) is 2. The Labute approximate surface area is 158 Å². The molecule has 0 radical (unpaired) electrons. The molecule has 4 unspecified atom stereocenters. The lowest BCUT2D eigenvalue weighted by Crippen LogP contribution is -2.54. The Morgan fingerprint density at radius 3 is 2.77 bits per heavy atom. The number of nitrogens with zero attached hydrogens (tertiary/aromatic N) is 1. The second-order valence-corrected chi connectivity index (χ2v) is 10.2. The zero-order valence-corrected chi connectivity index (χ0v) is 16.5. The lowest BCUT2D eigenvalue weighted by Gasteiger charge is -2.61. The van der Waals surface area contributed by atoms with Gasteiger partial charge in [0.2, 0.25) is 0 Å². The topological polar surface area (TPSA) is 38.9 Å². The maximum absolute atomic E-state index is 6.34. The van der Waals surface area contributed by atoms with E-state index in [0.717, 1.165) is 23.7 Å². The molecule has 0 saturated heterocycles. The van der Waals surface area contributed by atoms with Crippen LogP contribution in [0.3, 0.4) is 0 Å². The van der Waals surface area contributed by atoms with Crippen LogP contribution in [0, 0.1) is 34.5 Å². The first-order valence-corrected chi connectivity index (χ1v) is 10.9. The first-order chi connectivity index (χ1) is 12.5. The second kappa shape index (κ2) is 5.92. The number of allylic oxidation sites excluding steroid dienone is 2. The molecule has 0 amide bonds. The van der Waals surface area contributed by atoms with Gasteiger partial charge in [-0.15, -0.1) is 0 Å².